The number of ether oxygens (including phenoxy) is 2. The Morgan fingerprint density at radius 3 is 1.54 bits per heavy atom. The number of aliphatic imine (C=N–C) groups is 2. The predicted molar refractivity (Wildman–Crippen MR) is 108 cm³/mol. The van der Waals surface area contributed by atoms with Gasteiger partial charge in [0.25, 0.3) is 0 Å². The molecule has 2 heterocycles. The summed E-state index contributed by atoms with van der Waals surface area (Å²) in [6.07, 6.45) is 1.79. The van der Waals surface area contributed by atoms with Crippen molar-refractivity contribution < 1.29 is 29.9 Å². The molecule has 0 amide bonds. The van der Waals surface area contributed by atoms with Gasteiger partial charge in [-0.25, -0.2) is 9.98 Å². The maximum Gasteiger partial charge on any atom is 0.199 e. The van der Waals surface area contributed by atoms with Crippen molar-refractivity contribution in [2.45, 2.75) is 38.8 Å². The van der Waals surface area contributed by atoms with E-state index < -0.39 is 5.41 Å². The van der Waals surface area contributed by atoms with Gasteiger partial charge in [0.2, 0.25) is 0 Å². The van der Waals surface area contributed by atoms with Crippen LogP contribution in [0.3, 0.4) is 0 Å². The molecule has 5 heteroatoms. The number of nitrogens with zero attached hydrogens (tertiary/aromatic N) is 2. The van der Waals surface area contributed by atoms with E-state index in [0.717, 1.165) is 24.6 Å². The quantitative estimate of drug-likeness (QED) is 0.599. The summed E-state index contributed by atoms with van der Waals surface area (Å²) >= 11 is 0. The topological polar surface area (TPSA) is 43.2 Å². The molecule has 0 radical (unpaired) electrons. The maximum atomic E-state index is 5.96. The summed E-state index contributed by atoms with van der Waals surface area (Å²) in [5.41, 5.74) is 2.13. The molecular weight excluding hydrogens is 443 g/mol. The monoisotopic (exact) mass is 468 g/mol. The SMILES string of the molecule is CC(C)(C1=N[C@@H](Cc2ccccc2)CO1)C1=N[C@H](Cc2ccccc2)CO1.[Pd]. The fourth-order valence-corrected chi connectivity index (χ4v) is 3.59. The second-order valence-corrected chi connectivity index (χ2v) is 7.80. The molecule has 0 spiro atoms. The third kappa shape index (κ3) is 4.71. The van der Waals surface area contributed by atoms with Crippen molar-refractivity contribution in [2.75, 3.05) is 13.2 Å². The van der Waals surface area contributed by atoms with Gasteiger partial charge in [0.05, 0.1) is 12.1 Å². The first-order valence-electron chi connectivity index (χ1n) is 9.61. The predicted octanol–water partition coefficient (Wildman–Crippen LogP) is 4.09. The Bertz CT molecular complexity index is 765. The summed E-state index contributed by atoms with van der Waals surface area (Å²) in [6, 6.07) is 21.2. The molecule has 0 aromatic heterocycles. The summed E-state index contributed by atoms with van der Waals surface area (Å²) in [5, 5.41) is 0. The van der Waals surface area contributed by atoms with Gasteiger partial charge < -0.3 is 9.47 Å². The third-order valence-corrected chi connectivity index (χ3v) is 5.12. The van der Waals surface area contributed by atoms with Gasteiger partial charge in [-0.2, -0.15) is 0 Å². The zero-order valence-corrected chi connectivity index (χ0v) is 17.8. The van der Waals surface area contributed by atoms with Crippen LogP contribution in [0.25, 0.3) is 0 Å². The molecule has 4 nitrogen and oxygen atoms in total. The van der Waals surface area contributed by atoms with Gasteiger partial charge in [0.1, 0.15) is 18.6 Å². The third-order valence-electron chi connectivity index (χ3n) is 5.12. The van der Waals surface area contributed by atoms with Crippen molar-refractivity contribution in [1.29, 1.82) is 0 Å². The van der Waals surface area contributed by atoms with Crippen LogP contribution in [0.15, 0.2) is 70.6 Å². The Labute approximate surface area is 180 Å². The van der Waals surface area contributed by atoms with E-state index >= 15 is 0 Å². The van der Waals surface area contributed by atoms with Crippen LogP contribution < -0.4 is 0 Å². The standard InChI is InChI=1S/C23H26N2O2.Pd/c1-23(2,21-24-19(15-26-21)13-17-9-5-3-6-10-17)22-25-20(16-27-22)14-18-11-7-4-8-12-18;/h3-12,19-20H,13-16H2,1-2H3;/t19-,20+;. The summed E-state index contributed by atoms with van der Waals surface area (Å²) in [4.78, 5) is 9.68. The zero-order chi connectivity index (χ0) is 18.7. The average molecular weight is 469 g/mol. The second-order valence-electron chi connectivity index (χ2n) is 7.80. The molecule has 0 bridgehead atoms. The summed E-state index contributed by atoms with van der Waals surface area (Å²) < 4.78 is 11.9. The van der Waals surface area contributed by atoms with Crippen molar-refractivity contribution >= 4 is 11.8 Å². The largest absolute Gasteiger partial charge is 0.478 e. The molecule has 0 fully saturated rings. The fraction of sp³-hybridized carbons (Fsp3) is 0.391. The molecule has 0 aliphatic carbocycles. The van der Waals surface area contributed by atoms with Crippen LogP contribution in [-0.4, -0.2) is 37.1 Å². The molecule has 4 rings (SSSR count). The Kier molecular flexibility index (Phi) is 6.70. The van der Waals surface area contributed by atoms with Gasteiger partial charge in [0.15, 0.2) is 11.8 Å². The Morgan fingerprint density at radius 1 is 0.750 bits per heavy atom. The van der Waals surface area contributed by atoms with Crippen LogP contribution in [-0.2, 0) is 42.7 Å². The van der Waals surface area contributed by atoms with Gasteiger partial charge in [-0.3, -0.25) is 0 Å². The molecule has 0 N–H and O–H groups in total. The zero-order valence-electron chi connectivity index (χ0n) is 16.3. The van der Waals surface area contributed by atoms with Crippen molar-refractivity contribution in [3.63, 3.8) is 0 Å². The van der Waals surface area contributed by atoms with Gasteiger partial charge in [0, 0.05) is 20.4 Å². The van der Waals surface area contributed by atoms with Crippen LogP contribution in [0.1, 0.15) is 25.0 Å². The molecule has 0 unspecified atom stereocenters. The number of benzene rings is 2. The molecular formula is C23H26N2O2Pd. The van der Waals surface area contributed by atoms with Crippen LogP contribution in [0.4, 0.5) is 0 Å². The van der Waals surface area contributed by atoms with Crippen molar-refractivity contribution in [1.82, 2.24) is 0 Å². The fourth-order valence-electron chi connectivity index (χ4n) is 3.59. The first-order chi connectivity index (χ1) is 13.1. The van der Waals surface area contributed by atoms with Crippen LogP contribution in [0, 0.1) is 5.41 Å². The van der Waals surface area contributed by atoms with Gasteiger partial charge >= 0.3 is 0 Å². The normalized spacial score (nSPS) is 21.2. The number of hydrogen-bond donors (Lipinski definition) is 0. The molecule has 2 aromatic rings. The minimum atomic E-state index is -0.434. The first kappa shape index (κ1) is 20.8. The van der Waals surface area contributed by atoms with Crippen molar-refractivity contribution in [3.05, 3.63) is 71.8 Å². The van der Waals surface area contributed by atoms with E-state index in [9.17, 15) is 0 Å². The van der Waals surface area contributed by atoms with Crippen molar-refractivity contribution in [2.24, 2.45) is 15.4 Å². The van der Waals surface area contributed by atoms with Crippen LogP contribution in [0.2, 0.25) is 0 Å². The second kappa shape index (κ2) is 9.03. The Hall–Kier alpha value is -1.96. The van der Waals surface area contributed by atoms with Crippen LogP contribution in [0.5, 0.6) is 0 Å². The van der Waals surface area contributed by atoms with E-state index in [2.05, 4.69) is 62.4 Å². The number of hydrogen-bond acceptors (Lipinski definition) is 4. The summed E-state index contributed by atoms with van der Waals surface area (Å²) in [7, 11) is 0. The van der Waals surface area contributed by atoms with E-state index in [-0.39, 0.29) is 32.5 Å². The average Bonchev–Trinajstić information content (AvgIpc) is 3.34. The Morgan fingerprint density at radius 2 is 1.14 bits per heavy atom. The molecule has 2 atom stereocenters. The molecule has 2 aromatic carbocycles. The molecule has 0 saturated heterocycles. The van der Waals surface area contributed by atoms with E-state index in [0.29, 0.717) is 13.2 Å². The molecule has 150 valence electrons. The van der Waals surface area contributed by atoms with Gasteiger partial charge in [-0.15, -0.1) is 0 Å². The van der Waals surface area contributed by atoms with E-state index in [1.54, 1.807) is 0 Å². The van der Waals surface area contributed by atoms with E-state index in [1.807, 2.05) is 12.1 Å². The summed E-state index contributed by atoms with van der Waals surface area (Å²) in [5.74, 6) is 1.48. The molecule has 0 saturated carbocycles. The van der Waals surface area contributed by atoms with Gasteiger partial charge in [-0.05, 0) is 37.8 Å². The molecule has 2 aliphatic rings. The first-order valence-corrected chi connectivity index (χ1v) is 9.61. The maximum absolute atomic E-state index is 5.96. The minimum absolute atomic E-state index is 0. The van der Waals surface area contributed by atoms with Gasteiger partial charge in [-0.1, -0.05) is 60.7 Å². The molecule has 2 aliphatic heterocycles. The molecule has 28 heavy (non-hydrogen) atoms. The van der Waals surface area contributed by atoms with Crippen molar-refractivity contribution in [3.8, 4) is 0 Å². The summed E-state index contributed by atoms with van der Waals surface area (Å²) in [6.45, 7) is 5.41. The minimum Gasteiger partial charge on any atom is -0.478 e. The Balaban J connectivity index is 0.00000225. The van der Waals surface area contributed by atoms with E-state index in [4.69, 9.17) is 19.5 Å². The van der Waals surface area contributed by atoms with E-state index in [1.165, 1.54) is 11.1 Å². The van der Waals surface area contributed by atoms with Crippen LogP contribution >= 0.6 is 0 Å². The number of rotatable bonds is 6. The smallest absolute Gasteiger partial charge is 0.199 e.